The summed E-state index contributed by atoms with van der Waals surface area (Å²) in [6.45, 7) is 0.749. The second-order valence-corrected chi connectivity index (χ2v) is 5.41. The van der Waals surface area contributed by atoms with Crippen molar-refractivity contribution in [3.63, 3.8) is 0 Å². The van der Waals surface area contributed by atoms with Gasteiger partial charge in [0, 0.05) is 36.9 Å². The molecule has 0 saturated carbocycles. The Morgan fingerprint density at radius 1 is 0.826 bits per heavy atom. The van der Waals surface area contributed by atoms with E-state index in [1.165, 1.54) is 5.56 Å². The Balaban J connectivity index is 1.87. The van der Waals surface area contributed by atoms with Gasteiger partial charge >= 0.3 is 0 Å². The fourth-order valence-electron chi connectivity index (χ4n) is 2.85. The van der Waals surface area contributed by atoms with Gasteiger partial charge in [-0.3, -0.25) is 14.3 Å². The zero-order valence-corrected chi connectivity index (χ0v) is 12.5. The molecule has 0 fully saturated rings. The van der Waals surface area contributed by atoms with Crippen LogP contribution in [-0.4, -0.2) is 14.1 Å². The fourth-order valence-corrected chi connectivity index (χ4v) is 2.85. The summed E-state index contributed by atoms with van der Waals surface area (Å²) in [5, 5.41) is 0. The van der Waals surface area contributed by atoms with E-state index < -0.39 is 0 Å². The maximum atomic E-state index is 12.3. The number of rotatable bonds is 3. The Hall–Kier alpha value is -3.14. The van der Waals surface area contributed by atoms with Crippen LogP contribution in [0.1, 0.15) is 5.56 Å². The largest absolute Gasteiger partial charge is 0.342 e. The van der Waals surface area contributed by atoms with Crippen molar-refractivity contribution < 1.29 is 0 Å². The van der Waals surface area contributed by atoms with E-state index in [9.17, 15) is 4.79 Å². The maximum Gasteiger partial charge on any atom is 0.255 e. The van der Waals surface area contributed by atoms with Crippen LogP contribution in [-0.2, 0) is 6.54 Å². The molecule has 0 aliphatic carbocycles. The fraction of sp³-hybridized carbons (Fsp3) is 0.0526. The second-order valence-electron chi connectivity index (χ2n) is 5.41. The van der Waals surface area contributed by atoms with Gasteiger partial charge in [-0.15, -0.1) is 0 Å². The molecule has 4 rings (SSSR count). The van der Waals surface area contributed by atoms with Crippen molar-refractivity contribution in [2.45, 2.75) is 6.54 Å². The van der Waals surface area contributed by atoms with Gasteiger partial charge in [0.25, 0.3) is 5.56 Å². The highest BCUT2D eigenvalue weighted by atomic mass is 16.1. The molecule has 0 aliphatic rings. The summed E-state index contributed by atoms with van der Waals surface area (Å²) in [5.41, 5.74) is 3.98. The van der Waals surface area contributed by atoms with Gasteiger partial charge in [0.2, 0.25) is 0 Å². The van der Waals surface area contributed by atoms with E-state index in [-0.39, 0.29) is 5.56 Å². The van der Waals surface area contributed by atoms with Crippen LogP contribution in [0.4, 0.5) is 0 Å². The van der Waals surface area contributed by atoms with Crippen LogP contribution < -0.4 is 5.56 Å². The molecule has 0 saturated heterocycles. The minimum absolute atomic E-state index is 0.0228. The van der Waals surface area contributed by atoms with E-state index >= 15 is 0 Å². The lowest BCUT2D eigenvalue weighted by Gasteiger charge is -2.09. The second kappa shape index (κ2) is 5.57. The molecule has 1 aromatic carbocycles. The van der Waals surface area contributed by atoms with E-state index in [0.717, 1.165) is 23.3 Å². The third kappa shape index (κ3) is 2.44. The van der Waals surface area contributed by atoms with Crippen LogP contribution in [0.15, 0.2) is 84.0 Å². The molecule has 0 amide bonds. The first-order valence-corrected chi connectivity index (χ1v) is 7.48. The minimum Gasteiger partial charge on any atom is -0.342 e. The van der Waals surface area contributed by atoms with Crippen molar-refractivity contribution in [3.8, 4) is 5.69 Å². The van der Waals surface area contributed by atoms with Crippen molar-refractivity contribution in [1.82, 2.24) is 14.1 Å². The van der Waals surface area contributed by atoms with Gasteiger partial charge < -0.3 is 4.57 Å². The topological polar surface area (TPSA) is 39.8 Å². The number of hydrogen-bond donors (Lipinski definition) is 0. The zero-order valence-electron chi connectivity index (χ0n) is 12.5. The summed E-state index contributed by atoms with van der Waals surface area (Å²) >= 11 is 0. The Labute approximate surface area is 133 Å². The SMILES string of the molecule is O=c1ccc2c(ccn2Cc2ccncc2)n1-c1ccccc1. The molecular formula is C19H15N3O. The maximum absolute atomic E-state index is 12.3. The minimum atomic E-state index is -0.0228. The van der Waals surface area contributed by atoms with Gasteiger partial charge in [-0.2, -0.15) is 0 Å². The monoisotopic (exact) mass is 301 g/mol. The van der Waals surface area contributed by atoms with Crippen molar-refractivity contribution in [2.24, 2.45) is 0 Å². The van der Waals surface area contributed by atoms with Crippen LogP contribution in [0, 0.1) is 0 Å². The third-order valence-electron chi connectivity index (χ3n) is 3.95. The van der Waals surface area contributed by atoms with E-state index in [2.05, 4.69) is 9.55 Å². The van der Waals surface area contributed by atoms with Gasteiger partial charge in [0.15, 0.2) is 0 Å². The first kappa shape index (κ1) is 13.5. The molecule has 4 heteroatoms. The molecule has 4 aromatic rings. The predicted molar refractivity (Wildman–Crippen MR) is 90.9 cm³/mol. The number of para-hydroxylation sites is 1. The Morgan fingerprint density at radius 2 is 1.61 bits per heavy atom. The number of fused-ring (bicyclic) bond motifs is 1. The van der Waals surface area contributed by atoms with Crippen LogP contribution in [0.2, 0.25) is 0 Å². The smallest absolute Gasteiger partial charge is 0.255 e. The number of benzene rings is 1. The van der Waals surface area contributed by atoms with E-state index in [0.29, 0.717) is 0 Å². The molecular weight excluding hydrogens is 286 g/mol. The highest BCUT2D eigenvalue weighted by Gasteiger charge is 2.09. The summed E-state index contributed by atoms with van der Waals surface area (Å²) < 4.78 is 3.89. The number of aromatic nitrogens is 3. The summed E-state index contributed by atoms with van der Waals surface area (Å²) in [4.78, 5) is 16.4. The number of hydrogen-bond acceptors (Lipinski definition) is 2. The Morgan fingerprint density at radius 3 is 2.39 bits per heavy atom. The first-order chi connectivity index (χ1) is 11.3. The molecule has 3 aromatic heterocycles. The van der Waals surface area contributed by atoms with Gasteiger partial charge in [0.05, 0.1) is 11.0 Å². The average Bonchev–Trinajstić information content (AvgIpc) is 2.99. The lowest BCUT2D eigenvalue weighted by Crippen LogP contribution is -2.17. The molecule has 23 heavy (non-hydrogen) atoms. The van der Waals surface area contributed by atoms with Crippen molar-refractivity contribution in [2.75, 3.05) is 0 Å². The molecule has 0 unspecified atom stereocenters. The van der Waals surface area contributed by atoms with Crippen molar-refractivity contribution in [3.05, 3.63) is 95.2 Å². The molecule has 3 heterocycles. The van der Waals surface area contributed by atoms with Gasteiger partial charge in [-0.1, -0.05) is 18.2 Å². The van der Waals surface area contributed by atoms with Gasteiger partial charge in [-0.25, -0.2) is 0 Å². The Bertz CT molecular complexity index is 1000. The van der Waals surface area contributed by atoms with Crippen molar-refractivity contribution in [1.29, 1.82) is 0 Å². The van der Waals surface area contributed by atoms with Crippen LogP contribution in [0.25, 0.3) is 16.7 Å². The highest BCUT2D eigenvalue weighted by Crippen LogP contribution is 2.18. The number of pyridine rings is 2. The third-order valence-corrected chi connectivity index (χ3v) is 3.95. The van der Waals surface area contributed by atoms with Crippen LogP contribution >= 0.6 is 0 Å². The normalized spacial score (nSPS) is 11.0. The molecule has 4 nitrogen and oxygen atoms in total. The summed E-state index contributed by atoms with van der Waals surface area (Å²) in [6.07, 6.45) is 5.60. The average molecular weight is 301 g/mol. The van der Waals surface area contributed by atoms with Crippen LogP contribution in [0.5, 0.6) is 0 Å². The Kier molecular flexibility index (Phi) is 3.27. The number of nitrogens with zero attached hydrogens (tertiary/aromatic N) is 3. The van der Waals surface area contributed by atoms with E-state index in [4.69, 9.17) is 0 Å². The summed E-state index contributed by atoms with van der Waals surface area (Å²) in [6, 6.07) is 19.2. The first-order valence-electron chi connectivity index (χ1n) is 7.48. The highest BCUT2D eigenvalue weighted by molar-refractivity contribution is 5.78. The van der Waals surface area contributed by atoms with Crippen molar-refractivity contribution >= 4 is 11.0 Å². The molecule has 0 spiro atoms. The molecule has 0 aliphatic heterocycles. The molecule has 112 valence electrons. The zero-order chi connectivity index (χ0) is 15.6. The van der Waals surface area contributed by atoms with Crippen LogP contribution in [0.3, 0.4) is 0 Å². The van der Waals surface area contributed by atoms with E-state index in [1.54, 1.807) is 23.0 Å². The molecule has 0 radical (unpaired) electrons. The predicted octanol–water partition coefficient (Wildman–Crippen LogP) is 3.24. The summed E-state index contributed by atoms with van der Waals surface area (Å²) in [5.74, 6) is 0. The van der Waals surface area contributed by atoms with E-state index in [1.807, 2.05) is 60.8 Å². The van der Waals surface area contributed by atoms with Gasteiger partial charge in [-0.05, 0) is 42.0 Å². The molecule has 0 bridgehead atoms. The standard InChI is InChI=1S/C19H15N3O/c23-19-7-6-17-18(22(19)16-4-2-1-3-5-16)10-13-21(17)14-15-8-11-20-12-9-15/h1-13H,14H2. The summed E-state index contributed by atoms with van der Waals surface area (Å²) in [7, 11) is 0. The molecule has 0 atom stereocenters. The molecule has 0 N–H and O–H groups in total. The quantitative estimate of drug-likeness (QED) is 0.583. The lowest BCUT2D eigenvalue weighted by atomic mass is 10.2. The van der Waals surface area contributed by atoms with Gasteiger partial charge in [0.1, 0.15) is 0 Å². The lowest BCUT2D eigenvalue weighted by molar-refractivity contribution is 0.833.